The zero-order chi connectivity index (χ0) is 13.0. The van der Waals surface area contributed by atoms with Gasteiger partial charge in [0, 0.05) is 11.0 Å². The summed E-state index contributed by atoms with van der Waals surface area (Å²) < 4.78 is 6.73. The van der Waals surface area contributed by atoms with Gasteiger partial charge >= 0.3 is 0 Å². The molecule has 0 aliphatic carbocycles. The van der Waals surface area contributed by atoms with E-state index in [0.29, 0.717) is 10.8 Å². The van der Waals surface area contributed by atoms with Crippen LogP contribution in [0.5, 0.6) is 11.5 Å². The topological polar surface area (TPSA) is 21.3 Å². The highest BCUT2D eigenvalue weighted by Crippen LogP contribution is 2.32. The lowest BCUT2D eigenvalue weighted by Crippen LogP contribution is -2.04. The smallest absolute Gasteiger partial charge is 0.147 e. The molecule has 94 valence electrons. The number of rotatable bonds is 4. The monoisotopic (exact) mass is 325 g/mol. The molecule has 2 rings (SSSR count). The van der Waals surface area contributed by atoms with E-state index in [2.05, 4.69) is 21.2 Å². The minimum absolute atomic E-state index is 0.595. The van der Waals surface area contributed by atoms with E-state index in [1.807, 2.05) is 43.4 Å². The molecule has 0 saturated carbocycles. The van der Waals surface area contributed by atoms with Crippen molar-refractivity contribution < 1.29 is 4.74 Å². The van der Waals surface area contributed by atoms with Gasteiger partial charge in [0.1, 0.15) is 11.5 Å². The van der Waals surface area contributed by atoms with Gasteiger partial charge in [0.25, 0.3) is 0 Å². The van der Waals surface area contributed by atoms with E-state index < -0.39 is 0 Å². The first-order valence-electron chi connectivity index (χ1n) is 5.55. The van der Waals surface area contributed by atoms with Crippen LogP contribution in [-0.2, 0) is 6.54 Å². The third-order valence-corrected chi connectivity index (χ3v) is 3.21. The van der Waals surface area contributed by atoms with Gasteiger partial charge in [0.15, 0.2) is 0 Å². The molecule has 0 fully saturated rings. The molecule has 18 heavy (non-hydrogen) atoms. The van der Waals surface area contributed by atoms with Crippen LogP contribution in [-0.4, -0.2) is 7.05 Å². The Morgan fingerprint density at radius 2 is 2.06 bits per heavy atom. The van der Waals surface area contributed by atoms with Crippen molar-refractivity contribution in [3.8, 4) is 11.5 Å². The predicted molar refractivity (Wildman–Crippen MR) is 78.4 cm³/mol. The molecule has 4 heteroatoms. The molecule has 0 saturated heterocycles. The summed E-state index contributed by atoms with van der Waals surface area (Å²) in [6.45, 7) is 0.809. The van der Waals surface area contributed by atoms with E-state index in [1.165, 1.54) is 5.56 Å². The summed E-state index contributed by atoms with van der Waals surface area (Å²) in [7, 11) is 1.92. The summed E-state index contributed by atoms with van der Waals surface area (Å²) in [6, 6.07) is 13.5. The van der Waals surface area contributed by atoms with Crippen LogP contribution in [0.25, 0.3) is 0 Å². The van der Waals surface area contributed by atoms with Crippen LogP contribution in [0.1, 0.15) is 5.56 Å². The fourth-order valence-electron chi connectivity index (χ4n) is 1.61. The van der Waals surface area contributed by atoms with Crippen LogP contribution in [0.15, 0.2) is 46.9 Å². The normalized spacial score (nSPS) is 10.4. The van der Waals surface area contributed by atoms with Crippen molar-refractivity contribution in [2.75, 3.05) is 7.05 Å². The highest BCUT2D eigenvalue weighted by molar-refractivity contribution is 9.10. The first-order chi connectivity index (χ1) is 8.69. The minimum Gasteiger partial charge on any atom is -0.456 e. The molecular weight excluding hydrogens is 314 g/mol. The molecule has 0 spiro atoms. The third-order valence-electron chi connectivity index (χ3n) is 2.40. The van der Waals surface area contributed by atoms with Crippen LogP contribution < -0.4 is 10.1 Å². The number of ether oxygens (including phenoxy) is 1. The molecule has 2 aromatic carbocycles. The summed E-state index contributed by atoms with van der Waals surface area (Å²) >= 11 is 9.49. The lowest BCUT2D eigenvalue weighted by Gasteiger charge is -2.09. The molecule has 0 atom stereocenters. The van der Waals surface area contributed by atoms with Gasteiger partial charge in [0.2, 0.25) is 0 Å². The Balaban J connectivity index is 2.22. The van der Waals surface area contributed by atoms with Crippen LogP contribution in [0.3, 0.4) is 0 Å². The van der Waals surface area contributed by atoms with Crippen LogP contribution in [0.2, 0.25) is 5.02 Å². The van der Waals surface area contributed by atoms with Gasteiger partial charge < -0.3 is 10.1 Å². The van der Waals surface area contributed by atoms with Gasteiger partial charge in [-0.3, -0.25) is 0 Å². The quantitative estimate of drug-likeness (QED) is 0.885. The van der Waals surface area contributed by atoms with Crippen molar-refractivity contribution in [1.82, 2.24) is 5.32 Å². The van der Waals surface area contributed by atoms with Crippen molar-refractivity contribution in [3.05, 3.63) is 57.5 Å². The highest BCUT2D eigenvalue weighted by Gasteiger charge is 2.04. The molecule has 0 aromatic heterocycles. The maximum absolute atomic E-state index is 6.09. The van der Waals surface area contributed by atoms with Crippen LogP contribution in [0, 0.1) is 0 Å². The average Bonchev–Trinajstić information content (AvgIpc) is 2.35. The lowest BCUT2D eigenvalue weighted by molar-refractivity contribution is 0.481. The second-order valence-electron chi connectivity index (χ2n) is 3.85. The van der Waals surface area contributed by atoms with Gasteiger partial charge in [0.05, 0.1) is 5.02 Å². The lowest BCUT2D eigenvalue weighted by atomic mass is 10.2. The van der Waals surface area contributed by atoms with Gasteiger partial charge in [-0.25, -0.2) is 0 Å². The van der Waals surface area contributed by atoms with E-state index in [1.54, 1.807) is 6.07 Å². The zero-order valence-electron chi connectivity index (χ0n) is 9.91. The van der Waals surface area contributed by atoms with Crippen molar-refractivity contribution in [2.24, 2.45) is 0 Å². The molecule has 1 N–H and O–H groups in total. The molecule has 0 radical (unpaired) electrons. The second-order valence-corrected chi connectivity index (χ2v) is 5.18. The Morgan fingerprint density at radius 3 is 2.83 bits per heavy atom. The molecule has 0 bridgehead atoms. The summed E-state index contributed by atoms with van der Waals surface area (Å²) in [5.41, 5.74) is 1.17. The van der Waals surface area contributed by atoms with Crippen molar-refractivity contribution in [2.45, 2.75) is 6.54 Å². The Hall–Kier alpha value is -1.03. The number of hydrogen-bond donors (Lipinski definition) is 1. The minimum atomic E-state index is 0.595. The average molecular weight is 327 g/mol. The maximum atomic E-state index is 6.09. The highest BCUT2D eigenvalue weighted by atomic mass is 79.9. The standard InChI is InChI=1S/C14H13BrClNO/c1-17-9-10-3-2-4-12(7-10)18-14-8-11(15)5-6-13(14)16/h2-8,17H,9H2,1H3. The van der Waals surface area contributed by atoms with Crippen molar-refractivity contribution in [1.29, 1.82) is 0 Å². The third kappa shape index (κ3) is 3.48. The maximum Gasteiger partial charge on any atom is 0.147 e. The molecule has 2 aromatic rings. The molecular formula is C14H13BrClNO. The Kier molecular flexibility index (Phi) is 4.64. The first kappa shape index (κ1) is 13.4. The number of halogens is 2. The number of hydrogen-bond acceptors (Lipinski definition) is 2. The fourth-order valence-corrected chi connectivity index (χ4v) is 2.10. The zero-order valence-corrected chi connectivity index (χ0v) is 12.3. The summed E-state index contributed by atoms with van der Waals surface area (Å²) in [5.74, 6) is 1.43. The Labute approximate surface area is 120 Å². The van der Waals surface area contributed by atoms with E-state index in [0.717, 1.165) is 16.8 Å². The second kappa shape index (κ2) is 6.23. The Morgan fingerprint density at radius 1 is 1.22 bits per heavy atom. The SMILES string of the molecule is CNCc1cccc(Oc2cc(Br)ccc2Cl)c1. The molecule has 0 aliphatic rings. The van der Waals surface area contributed by atoms with E-state index in [4.69, 9.17) is 16.3 Å². The van der Waals surface area contributed by atoms with Crippen molar-refractivity contribution in [3.63, 3.8) is 0 Å². The van der Waals surface area contributed by atoms with Crippen molar-refractivity contribution >= 4 is 27.5 Å². The van der Waals surface area contributed by atoms with Gasteiger partial charge in [-0.1, -0.05) is 39.7 Å². The van der Waals surface area contributed by atoms with Gasteiger partial charge in [-0.2, -0.15) is 0 Å². The van der Waals surface area contributed by atoms with Crippen LogP contribution in [0.4, 0.5) is 0 Å². The summed E-state index contributed by atoms with van der Waals surface area (Å²) in [5, 5.41) is 3.70. The largest absolute Gasteiger partial charge is 0.456 e. The molecule has 0 heterocycles. The Bertz CT molecular complexity index is 545. The fraction of sp³-hybridized carbons (Fsp3) is 0.143. The predicted octanol–water partition coefficient (Wildman–Crippen LogP) is 4.61. The number of nitrogens with one attached hydrogen (secondary N) is 1. The first-order valence-corrected chi connectivity index (χ1v) is 6.72. The molecule has 0 amide bonds. The summed E-state index contributed by atoms with van der Waals surface area (Å²) in [4.78, 5) is 0. The number of benzene rings is 2. The summed E-state index contributed by atoms with van der Waals surface area (Å²) in [6.07, 6.45) is 0. The molecule has 2 nitrogen and oxygen atoms in total. The molecule has 0 unspecified atom stereocenters. The van der Waals surface area contributed by atoms with E-state index in [9.17, 15) is 0 Å². The molecule has 0 aliphatic heterocycles. The van der Waals surface area contributed by atoms with E-state index in [-0.39, 0.29) is 0 Å². The van der Waals surface area contributed by atoms with Gasteiger partial charge in [-0.15, -0.1) is 0 Å². The van der Waals surface area contributed by atoms with E-state index >= 15 is 0 Å². The van der Waals surface area contributed by atoms with Gasteiger partial charge in [-0.05, 0) is 42.9 Å². The van der Waals surface area contributed by atoms with Crippen LogP contribution >= 0.6 is 27.5 Å².